The first kappa shape index (κ1) is 10.8. The van der Waals surface area contributed by atoms with E-state index in [9.17, 15) is 0 Å². The molecule has 0 atom stereocenters. The summed E-state index contributed by atoms with van der Waals surface area (Å²) in [5.41, 5.74) is 2.41. The van der Waals surface area contributed by atoms with Crippen LogP contribution in [-0.2, 0) is 13.0 Å². The first-order valence-corrected chi connectivity index (χ1v) is 5.72. The molecule has 0 amide bonds. The molecule has 0 aliphatic carbocycles. The molecular weight excluding hydrogens is 210 g/mol. The summed E-state index contributed by atoms with van der Waals surface area (Å²) in [5, 5.41) is 4.19. The van der Waals surface area contributed by atoms with Crippen LogP contribution in [0.1, 0.15) is 25.0 Å². The van der Waals surface area contributed by atoms with Gasteiger partial charge < -0.3 is 10.1 Å². The van der Waals surface area contributed by atoms with Gasteiger partial charge in [-0.1, -0.05) is 25.4 Å². The van der Waals surface area contributed by atoms with Gasteiger partial charge in [0.15, 0.2) is 0 Å². The van der Waals surface area contributed by atoms with Gasteiger partial charge in [-0.15, -0.1) is 0 Å². The summed E-state index contributed by atoms with van der Waals surface area (Å²) in [7, 11) is 0. The normalized spacial score (nSPS) is 14.1. The molecule has 3 heteroatoms. The Labute approximate surface area is 95.6 Å². The van der Waals surface area contributed by atoms with Crippen molar-refractivity contribution in [2.45, 2.75) is 32.9 Å². The molecule has 1 aliphatic heterocycles. The maximum absolute atomic E-state index is 6.06. The summed E-state index contributed by atoms with van der Waals surface area (Å²) in [6.45, 7) is 5.86. The maximum Gasteiger partial charge on any atom is 0.127 e. The zero-order valence-corrected chi connectivity index (χ0v) is 9.90. The zero-order valence-electron chi connectivity index (χ0n) is 9.14. The number of hydrogen-bond donors (Lipinski definition) is 1. The molecule has 2 nitrogen and oxygen atoms in total. The molecule has 0 saturated carbocycles. The molecule has 82 valence electrons. The highest BCUT2D eigenvalue weighted by Crippen LogP contribution is 2.32. The molecule has 1 aromatic carbocycles. The van der Waals surface area contributed by atoms with Gasteiger partial charge in [0.05, 0.1) is 6.61 Å². The van der Waals surface area contributed by atoms with Crippen molar-refractivity contribution in [3.8, 4) is 5.75 Å². The van der Waals surface area contributed by atoms with Crippen LogP contribution in [0.5, 0.6) is 5.75 Å². The smallest absolute Gasteiger partial charge is 0.127 e. The average Bonchev–Trinajstić information content (AvgIpc) is 2.61. The SMILES string of the molecule is CC(C)NCc1cc(Cl)cc2c1OCC2. The molecule has 0 fully saturated rings. The van der Waals surface area contributed by atoms with Crippen LogP contribution >= 0.6 is 11.6 Å². The fourth-order valence-corrected chi connectivity index (χ4v) is 2.05. The molecule has 0 unspecified atom stereocenters. The van der Waals surface area contributed by atoms with E-state index in [1.165, 1.54) is 11.1 Å². The van der Waals surface area contributed by atoms with Gasteiger partial charge in [-0.3, -0.25) is 0 Å². The van der Waals surface area contributed by atoms with Crippen molar-refractivity contribution in [2.24, 2.45) is 0 Å². The van der Waals surface area contributed by atoms with Crippen molar-refractivity contribution >= 4 is 11.6 Å². The zero-order chi connectivity index (χ0) is 10.8. The third-order valence-corrected chi connectivity index (χ3v) is 2.74. The monoisotopic (exact) mass is 225 g/mol. The topological polar surface area (TPSA) is 21.3 Å². The lowest BCUT2D eigenvalue weighted by molar-refractivity contribution is 0.352. The minimum atomic E-state index is 0.473. The lowest BCUT2D eigenvalue weighted by atomic mass is 10.1. The Morgan fingerprint density at radius 1 is 1.47 bits per heavy atom. The second kappa shape index (κ2) is 4.42. The molecule has 0 aromatic heterocycles. The lowest BCUT2D eigenvalue weighted by Crippen LogP contribution is -2.22. The molecule has 15 heavy (non-hydrogen) atoms. The molecule has 2 rings (SSSR count). The Morgan fingerprint density at radius 2 is 2.27 bits per heavy atom. The van der Waals surface area contributed by atoms with Crippen LogP contribution in [0.3, 0.4) is 0 Å². The number of ether oxygens (including phenoxy) is 1. The first-order chi connectivity index (χ1) is 7.16. The van der Waals surface area contributed by atoms with E-state index in [-0.39, 0.29) is 0 Å². The van der Waals surface area contributed by atoms with Gasteiger partial charge in [0, 0.05) is 29.6 Å². The van der Waals surface area contributed by atoms with Crippen LogP contribution in [0.2, 0.25) is 5.02 Å². The van der Waals surface area contributed by atoms with E-state index in [0.717, 1.165) is 30.3 Å². The van der Waals surface area contributed by atoms with E-state index < -0.39 is 0 Å². The van der Waals surface area contributed by atoms with E-state index >= 15 is 0 Å². The molecule has 1 heterocycles. The minimum absolute atomic E-state index is 0.473. The van der Waals surface area contributed by atoms with Gasteiger partial charge in [-0.2, -0.15) is 0 Å². The van der Waals surface area contributed by atoms with Gasteiger partial charge in [-0.05, 0) is 17.7 Å². The van der Waals surface area contributed by atoms with Crippen LogP contribution in [0, 0.1) is 0 Å². The lowest BCUT2D eigenvalue weighted by Gasteiger charge is -2.12. The van der Waals surface area contributed by atoms with Crippen molar-refractivity contribution in [3.05, 3.63) is 28.3 Å². The highest BCUT2D eigenvalue weighted by molar-refractivity contribution is 6.30. The number of fused-ring (bicyclic) bond motifs is 1. The summed E-state index contributed by atoms with van der Waals surface area (Å²) in [4.78, 5) is 0. The van der Waals surface area contributed by atoms with Crippen LogP contribution in [0.15, 0.2) is 12.1 Å². The Kier molecular flexibility index (Phi) is 3.17. The minimum Gasteiger partial charge on any atom is -0.493 e. The van der Waals surface area contributed by atoms with Crippen molar-refractivity contribution in [1.29, 1.82) is 0 Å². The van der Waals surface area contributed by atoms with Crippen LogP contribution in [-0.4, -0.2) is 12.6 Å². The molecule has 0 saturated heterocycles. The maximum atomic E-state index is 6.06. The van der Waals surface area contributed by atoms with Gasteiger partial charge in [0.25, 0.3) is 0 Å². The molecule has 0 bridgehead atoms. The quantitative estimate of drug-likeness (QED) is 0.854. The molecule has 1 aliphatic rings. The van der Waals surface area contributed by atoms with E-state index in [1.807, 2.05) is 12.1 Å². The highest BCUT2D eigenvalue weighted by atomic mass is 35.5. The van der Waals surface area contributed by atoms with Gasteiger partial charge in [-0.25, -0.2) is 0 Å². The van der Waals surface area contributed by atoms with Crippen molar-refractivity contribution in [2.75, 3.05) is 6.61 Å². The third-order valence-electron chi connectivity index (χ3n) is 2.53. The third kappa shape index (κ3) is 2.44. The standard InChI is InChI=1S/C12H16ClNO/c1-8(2)14-7-10-6-11(13)5-9-3-4-15-12(9)10/h5-6,8,14H,3-4,7H2,1-2H3. The van der Waals surface area contributed by atoms with Crippen molar-refractivity contribution < 1.29 is 4.74 Å². The largest absolute Gasteiger partial charge is 0.493 e. The van der Waals surface area contributed by atoms with Crippen molar-refractivity contribution in [3.63, 3.8) is 0 Å². The summed E-state index contributed by atoms with van der Waals surface area (Å²) >= 11 is 6.06. The van der Waals surface area contributed by atoms with Crippen LogP contribution < -0.4 is 10.1 Å². The van der Waals surface area contributed by atoms with Gasteiger partial charge >= 0.3 is 0 Å². The Bertz CT molecular complexity index is 363. The predicted octanol–water partition coefficient (Wildman–Crippen LogP) is 2.77. The second-order valence-electron chi connectivity index (χ2n) is 4.19. The summed E-state index contributed by atoms with van der Waals surface area (Å²) in [5.74, 6) is 1.03. The number of nitrogens with one attached hydrogen (secondary N) is 1. The molecule has 1 N–H and O–H groups in total. The van der Waals surface area contributed by atoms with Crippen LogP contribution in [0.25, 0.3) is 0 Å². The highest BCUT2D eigenvalue weighted by Gasteiger charge is 2.17. The summed E-state index contributed by atoms with van der Waals surface area (Å²) in [6.07, 6.45) is 0.977. The number of hydrogen-bond acceptors (Lipinski definition) is 2. The van der Waals surface area contributed by atoms with E-state index in [1.54, 1.807) is 0 Å². The summed E-state index contributed by atoms with van der Waals surface area (Å²) in [6, 6.07) is 4.46. The average molecular weight is 226 g/mol. The predicted molar refractivity (Wildman–Crippen MR) is 62.6 cm³/mol. The Morgan fingerprint density at radius 3 is 3.00 bits per heavy atom. The van der Waals surface area contributed by atoms with Crippen molar-refractivity contribution in [1.82, 2.24) is 5.32 Å². The van der Waals surface area contributed by atoms with E-state index in [2.05, 4.69) is 19.2 Å². The van der Waals surface area contributed by atoms with Gasteiger partial charge in [0.2, 0.25) is 0 Å². The molecular formula is C12H16ClNO. The van der Waals surface area contributed by atoms with E-state index in [0.29, 0.717) is 6.04 Å². The number of rotatable bonds is 3. The molecule has 0 spiro atoms. The number of benzene rings is 1. The van der Waals surface area contributed by atoms with E-state index in [4.69, 9.17) is 16.3 Å². The fourth-order valence-electron chi connectivity index (χ4n) is 1.79. The molecule has 1 aromatic rings. The first-order valence-electron chi connectivity index (χ1n) is 5.34. The Hall–Kier alpha value is -0.730. The van der Waals surface area contributed by atoms with Crippen LogP contribution in [0.4, 0.5) is 0 Å². The summed E-state index contributed by atoms with van der Waals surface area (Å²) < 4.78 is 5.62. The molecule has 0 radical (unpaired) electrons. The second-order valence-corrected chi connectivity index (χ2v) is 4.62. The Balaban J connectivity index is 2.22. The van der Waals surface area contributed by atoms with Gasteiger partial charge in [0.1, 0.15) is 5.75 Å². The number of halogens is 1. The fraction of sp³-hybridized carbons (Fsp3) is 0.500.